The second-order valence-corrected chi connectivity index (χ2v) is 29.6. The van der Waals surface area contributed by atoms with Crippen LogP contribution in [0, 0.1) is 22.7 Å². The molecule has 0 saturated carbocycles. The van der Waals surface area contributed by atoms with Crippen LogP contribution in [0.2, 0.25) is 0 Å². The molecule has 0 radical (unpaired) electrons. The zero-order valence-corrected chi connectivity index (χ0v) is 61.1. The molecule has 0 unspecified atom stereocenters. The molecule has 0 fully saturated rings. The van der Waals surface area contributed by atoms with E-state index in [0.29, 0.717) is 34.4 Å². The van der Waals surface area contributed by atoms with E-state index in [2.05, 4.69) is 282 Å². The van der Waals surface area contributed by atoms with Gasteiger partial charge in [0.2, 0.25) is 0 Å². The fourth-order valence-electron chi connectivity index (χ4n) is 18.2. The van der Waals surface area contributed by atoms with Crippen LogP contribution in [0.15, 0.2) is 358 Å². The third-order valence-corrected chi connectivity index (χ3v) is 23.2. The number of aromatic nitrogens is 7. The maximum atomic E-state index is 10.1. The molecule has 0 bridgehead atoms. The summed E-state index contributed by atoms with van der Waals surface area (Å²) in [6.45, 7) is 0. The molecule has 114 heavy (non-hydrogen) atoms. The largest absolute Gasteiger partial charge is 0.309 e. The first-order valence-electron chi connectivity index (χ1n) is 38.3. The van der Waals surface area contributed by atoms with E-state index in [9.17, 15) is 10.5 Å². The van der Waals surface area contributed by atoms with Crippen LogP contribution in [0.3, 0.4) is 0 Å². The van der Waals surface area contributed by atoms with Gasteiger partial charge < -0.3 is 9.13 Å². The molecule has 0 spiro atoms. The molecule has 24 aromatic rings. The van der Waals surface area contributed by atoms with Crippen LogP contribution in [0.5, 0.6) is 0 Å². The maximum absolute atomic E-state index is 10.1. The Morgan fingerprint density at radius 3 is 0.789 bits per heavy atom. The Morgan fingerprint density at radius 2 is 0.465 bits per heavy atom. The first-order chi connectivity index (χ1) is 56.4. The van der Waals surface area contributed by atoms with Gasteiger partial charge in [-0.05, 0) is 213 Å². The van der Waals surface area contributed by atoms with Crippen molar-refractivity contribution >= 4 is 130 Å². The first-order valence-corrected chi connectivity index (χ1v) is 38.3. The number of para-hydroxylation sites is 2. The van der Waals surface area contributed by atoms with Crippen molar-refractivity contribution in [2.24, 2.45) is 0 Å². The van der Waals surface area contributed by atoms with E-state index < -0.39 is 0 Å². The van der Waals surface area contributed by atoms with E-state index in [-0.39, 0.29) is 0 Å². The normalized spacial score (nSPS) is 11.8. The molecule has 0 amide bonds. The fraction of sp³-hybridized carbons (Fsp3) is 0. The molecule has 524 valence electrons. The molecule has 24 rings (SSSR count). The number of nitrogens with zero attached hydrogens (tertiary/aromatic N) is 9. The van der Waals surface area contributed by atoms with Crippen LogP contribution in [-0.2, 0) is 0 Å². The van der Waals surface area contributed by atoms with Crippen molar-refractivity contribution in [1.29, 1.82) is 10.5 Å². The second-order valence-electron chi connectivity index (χ2n) is 29.6. The topological polar surface area (TPSA) is 122 Å². The monoisotopic (exact) mass is 1450 g/mol. The summed E-state index contributed by atoms with van der Waals surface area (Å²) in [5, 5.41) is 43.5. The van der Waals surface area contributed by atoms with Gasteiger partial charge in [-0.3, -0.25) is 0 Å². The predicted molar refractivity (Wildman–Crippen MR) is 468 cm³/mol. The van der Waals surface area contributed by atoms with Gasteiger partial charge in [-0.15, -0.1) is 0 Å². The lowest BCUT2D eigenvalue weighted by molar-refractivity contribution is 1.07. The number of nitriles is 2. The fourth-order valence-corrected chi connectivity index (χ4v) is 18.2. The molecule has 0 aliphatic carbocycles. The van der Waals surface area contributed by atoms with E-state index in [0.717, 1.165) is 127 Å². The molecule has 9 nitrogen and oxygen atoms in total. The summed E-state index contributed by atoms with van der Waals surface area (Å²) in [6, 6.07) is 131. The minimum atomic E-state index is 0.645. The minimum absolute atomic E-state index is 0.645. The van der Waals surface area contributed by atoms with Crippen molar-refractivity contribution in [2.45, 2.75) is 0 Å². The Hall–Kier alpha value is -15.8. The Labute approximate surface area is 653 Å². The third kappa shape index (κ3) is 10.1. The quantitative estimate of drug-likeness (QED) is 0.125. The average molecular weight is 1450 g/mol. The van der Waals surface area contributed by atoms with E-state index in [4.69, 9.17) is 24.9 Å². The summed E-state index contributed by atoms with van der Waals surface area (Å²) < 4.78 is 4.65. The third-order valence-electron chi connectivity index (χ3n) is 23.2. The highest BCUT2D eigenvalue weighted by Crippen LogP contribution is 2.49. The lowest BCUT2D eigenvalue weighted by Gasteiger charge is -2.16. The van der Waals surface area contributed by atoms with Gasteiger partial charge in [-0.25, -0.2) is 24.9 Å². The van der Waals surface area contributed by atoms with Crippen LogP contribution in [0.25, 0.3) is 231 Å². The lowest BCUT2D eigenvalue weighted by atomic mass is 9.88. The minimum Gasteiger partial charge on any atom is -0.309 e. The van der Waals surface area contributed by atoms with Gasteiger partial charge in [0.1, 0.15) is 0 Å². The SMILES string of the molecule is N#Cc1ccc2c3c1ccc1c(-c4cc5ccc6cc(-c7nc(-c8ccccc8)cc(-c8ccccc8)n7)cc7ccc(c4)c5c67)ccc(c13)n2-c1ccccc1.N#Cc1ccc2c3c1ccc1c(-c4cc5ccc6cc(-c7nc(-c8ccccc8)nc(-c8ccccc8)n7)cc7ccc(c4)c5c67)ccc(c13)n2-c1ccccc1. The van der Waals surface area contributed by atoms with Gasteiger partial charge >= 0.3 is 0 Å². The number of rotatable bonds is 10. The molecule has 0 saturated heterocycles. The Balaban J connectivity index is 0.000000135. The van der Waals surface area contributed by atoms with Gasteiger partial charge in [-0.1, -0.05) is 243 Å². The van der Waals surface area contributed by atoms with Crippen LogP contribution in [0.4, 0.5) is 0 Å². The summed E-state index contributed by atoms with van der Waals surface area (Å²) in [5.41, 5.74) is 20.5. The van der Waals surface area contributed by atoms with Crippen molar-refractivity contribution in [1.82, 2.24) is 34.1 Å². The summed E-state index contributed by atoms with van der Waals surface area (Å²) in [7, 11) is 0. The second kappa shape index (κ2) is 25.4. The molecule has 9 heteroatoms. The highest BCUT2D eigenvalue weighted by Gasteiger charge is 2.26. The summed E-state index contributed by atoms with van der Waals surface area (Å²) in [6.07, 6.45) is 0. The molecule has 4 heterocycles. The number of hydrogen-bond donors (Lipinski definition) is 0. The Morgan fingerprint density at radius 1 is 0.202 bits per heavy atom. The van der Waals surface area contributed by atoms with E-state index in [1.165, 1.54) is 81.3 Å². The van der Waals surface area contributed by atoms with Crippen molar-refractivity contribution in [3.05, 3.63) is 369 Å². The van der Waals surface area contributed by atoms with Gasteiger partial charge in [0.15, 0.2) is 23.3 Å². The van der Waals surface area contributed by atoms with Crippen LogP contribution < -0.4 is 0 Å². The van der Waals surface area contributed by atoms with Gasteiger partial charge in [0, 0.05) is 77.1 Å². The molecule has 0 N–H and O–H groups in total. The average Bonchev–Trinajstić information content (AvgIpc) is 1.61. The van der Waals surface area contributed by atoms with E-state index in [1.54, 1.807) is 0 Å². The molecule has 0 aliphatic heterocycles. The van der Waals surface area contributed by atoms with Crippen LogP contribution in [0.1, 0.15) is 11.1 Å². The smallest absolute Gasteiger partial charge is 0.164 e. The molecular formula is C105H59N9. The van der Waals surface area contributed by atoms with E-state index >= 15 is 0 Å². The lowest BCUT2D eigenvalue weighted by Crippen LogP contribution is -2.00. The number of hydrogen-bond acceptors (Lipinski definition) is 7. The number of benzene rings is 20. The Bertz CT molecular complexity index is 7360. The van der Waals surface area contributed by atoms with Gasteiger partial charge in [0.05, 0.1) is 56.7 Å². The zero-order valence-electron chi connectivity index (χ0n) is 61.1. The van der Waals surface area contributed by atoms with Crippen molar-refractivity contribution < 1.29 is 0 Å². The summed E-state index contributed by atoms with van der Waals surface area (Å²) in [5.74, 6) is 2.65. The maximum Gasteiger partial charge on any atom is 0.164 e. The first kappa shape index (κ1) is 64.2. The highest BCUT2D eigenvalue weighted by atomic mass is 15.0. The van der Waals surface area contributed by atoms with Crippen molar-refractivity contribution in [2.75, 3.05) is 0 Å². The Kier molecular flexibility index (Phi) is 14.3. The van der Waals surface area contributed by atoms with Crippen LogP contribution >= 0.6 is 0 Å². The molecule has 0 aliphatic rings. The van der Waals surface area contributed by atoms with Crippen molar-refractivity contribution in [3.63, 3.8) is 0 Å². The molecular weight excluding hydrogens is 1390 g/mol. The van der Waals surface area contributed by atoms with Gasteiger partial charge in [0.25, 0.3) is 0 Å². The molecule has 0 atom stereocenters. The molecule has 4 aromatic heterocycles. The van der Waals surface area contributed by atoms with E-state index in [1.807, 2.05) is 97.1 Å². The van der Waals surface area contributed by atoms with Crippen molar-refractivity contribution in [3.8, 4) is 114 Å². The summed E-state index contributed by atoms with van der Waals surface area (Å²) in [4.78, 5) is 25.2. The molecule has 20 aromatic carbocycles. The highest BCUT2D eigenvalue weighted by molar-refractivity contribution is 6.31. The van der Waals surface area contributed by atoms with Crippen LogP contribution in [-0.4, -0.2) is 34.1 Å². The van der Waals surface area contributed by atoms with Gasteiger partial charge in [-0.2, -0.15) is 10.5 Å². The predicted octanol–water partition coefficient (Wildman–Crippen LogP) is 26.6. The standard InChI is InChI=1S/C53H30N4.C52H29N5/c54-31-38-20-24-47-51-43(38)21-22-44-42(23-25-48(52(44)51)57(47)41-14-8-3-9-15-41)39-26-34-16-18-36-28-40(29-37-19-17-35(27-39)49(34)50(36)37)53-55-45(32-10-4-1-5-11-32)30-46(56-53)33-12-6-2-7-13-33;53-30-37-20-24-44-48-42(37)21-22-43-41(23-25-45(49(43)48)57(44)40-14-8-3-9-15-40)38-26-33-16-18-35-28-39(29-36-19-17-34(27-38)46(33)47(35)36)52-55-50(31-10-4-1-5-11-31)54-51(56-52)32-12-6-2-7-13-32/h1-30H;1-29H. The summed E-state index contributed by atoms with van der Waals surface area (Å²) >= 11 is 0. The zero-order chi connectivity index (χ0) is 75.2.